The maximum atomic E-state index is 14.2. The highest BCUT2D eigenvalue weighted by molar-refractivity contribution is 5.57. The highest BCUT2D eigenvalue weighted by Crippen LogP contribution is 2.26. The summed E-state index contributed by atoms with van der Waals surface area (Å²) in [5, 5.41) is 13.7. The van der Waals surface area contributed by atoms with Gasteiger partial charge in [-0.2, -0.15) is 15.0 Å². The normalized spacial score (nSPS) is 19.9. The lowest BCUT2D eigenvalue weighted by molar-refractivity contribution is 0.356. The molecule has 186 valence electrons. The second kappa shape index (κ2) is 12.1. The van der Waals surface area contributed by atoms with E-state index in [0.717, 1.165) is 25.9 Å². The first-order valence-corrected chi connectivity index (χ1v) is 12.7. The zero-order valence-electron chi connectivity index (χ0n) is 20.4. The number of methoxy groups -OCH3 is 1. The third kappa shape index (κ3) is 6.68. The van der Waals surface area contributed by atoms with Gasteiger partial charge in [0.05, 0.1) is 7.11 Å². The van der Waals surface area contributed by atoms with Gasteiger partial charge in [0, 0.05) is 30.4 Å². The van der Waals surface area contributed by atoms with Crippen LogP contribution in [0, 0.1) is 11.7 Å². The van der Waals surface area contributed by atoms with Gasteiger partial charge in [-0.25, -0.2) is 4.39 Å². The van der Waals surface area contributed by atoms with Gasteiger partial charge in [-0.15, -0.1) is 0 Å². The van der Waals surface area contributed by atoms with Crippen molar-refractivity contribution in [1.82, 2.24) is 20.3 Å². The highest BCUT2D eigenvalue weighted by Gasteiger charge is 2.23. The topological polar surface area (TPSA) is 96.0 Å². The standard InChI is InChI=1S/C25H38FN7O/c1-3-20(21-11-7-8-14-27-21)30-25-32-23(28-16-17-9-5-4-6-10-17)31-24(33-25)29-18-12-13-22(34-2)19(26)15-18/h12-13,15,17,20-21,27H,3-11,14,16H2,1-2H3,(H3,28,29,30,31,32,33). The Morgan fingerprint density at radius 3 is 2.50 bits per heavy atom. The summed E-state index contributed by atoms with van der Waals surface area (Å²) in [4.78, 5) is 13.9. The Labute approximate surface area is 201 Å². The third-order valence-corrected chi connectivity index (χ3v) is 6.91. The molecule has 1 saturated heterocycles. The predicted molar refractivity (Wildman–Crippen MR) is 134 cm³/mol. The molecule has 2 fully saturated rings. The molecule has 1 aliphatic heterocycles. The molecule has 2 heterocycles. The minimum atomic E-state index is -0.440. The van der Waals surface area contributed by atoms with E-state index in [1.807, 2.05) is 0 Å². The molecule has 0 spiro atoms. The number of rotatable bonds is 10. The molecule has 1 aliphatic carbocycles. The fourth-order valence-corrected chi connectivity index (χ4v) is 4.95. The second-order valence-electron chi connectivity index (χ2n) is 9.38. The Hall–Kier alpha value is -2.68. The monoisotopic (exact) mass is 471 g/mol. The second-order valence-corrected chi connectivity index (χ2v) is 9.38. The summed E-state index contributed by atoms with van der Waals surface area (Å²) in [6, 6.07) is 5.32. The van der Waals surface area contributed by atoms with Crippen LogP contribution in [0.3, 0.4) is 0 Å². The van der Waals surface area contributed by atoms with Gasteiger partial charge in [-0.1, -0.05) is 32.6 Å². The number of nitrogens with one attached hydrogen (secondary N) is 4. The van der Waals surface area contributed by atoms with E-state index in [1.165, 1.54) is 58.1 Å². The smallest absolute Gasteiger partial charge is 0.233 e. The lowest BCUT2D eigenvalue weighted by Gasteiger charge is -2.31. The van der Waals surface area contributed by atoms with Crippen molar-refractivity contribution in [2.75, 3.05) is 36.1 Å². The molecule has 2 atom stereocenters. The molecule has 0 amide bonds. The van der Waals surface area contributed by atoms with Crippen molar-refractivity contribution in [3.05, 3.63) is 24.0 Å². The number of nitrogens with zero attached hydrogens (tertiary/aromatic N) is 3. The first-order chi connectivity index (χ1) is 16.6. The van der Waals surface area contributed by atoms with E-state index in [-0.39, 0.29) is 11.8 Å². The minimum absolute atomic E-state index is 0.198. The third-order valence-electron chi connectivity index (χ3n) is 6.91. The summed E-state index contributed by atoms with van der Waals surface area (Å²) >= 11 is 0. The van der Waals surface area contributed by atoms with Crippen LogP contribution in [-0.4, -0.2) is 47.2 Å². The quantitative estimate of drug-likeness (QED) is 0.381. The highest BCUT2D eigenvalue weighted by atomic mass is 19.1. The molecule has 2 aromatic rings. The van der Waals surface area contributed by atoms with Crippen molar-refractivity contribution in [3.8, 4) is 5.75 Å². The van der Waals surface area contributed by atoms with Crippen LogP contribution in [0.4, 0.5) is 27.9 Å². The Bertz CT molecular complexity index is 916. The predicted octanol–water partition coefficient (Wildman–Crippen LogP) is 5.09. The molecule has 1 aromatic heterocycles. The van der Waals surface area contributed by atoms with Gasteiger partial charge in [0.15, 0.2) is 11.6 Å². The van der Waals surface area contributed by atoms with Gasteiger partial charge in [0.2, 0.25) is 17.8 Å². The van der Waals surface area contributed by atoms with Crippen LogP contribution in [-0.2, 0) is 0 Å². The SMILES string of the molecule is CCC(Nc1nc(NCC2CCCCC2)nc(Nc2ccc(OC)c(F)c2)n1)C1CCCCN1. The van der Waals surface area contributed by atoms with Gasteiger partial charge in [0.1, 0.15) is 0 Å². The van der Waals surface area contributed by atoms with Crippen molar-refractivity contribution >= 4 is 23.5 Å². The van der Waals surface area contributed by atoms with E-state index in [9.17, 15) is 4.39 Å². The molecule has 1 aromatic carbocycles. The van der Waals surface area contributed by atoms with Crippen LogP contribution in [0.5, 0.6) is 5.75 Å². The van der Waals surface area contributed by atoms with Gasteiger partial charge >= 0.3 is 0 Å². The number of hydrogen-bond donors (Lipinski definition) is 4. The summed E-state index contributed by atoms with van der Waals surface area (Å²) in [6.07, 6.45) is 10.9. The van der Waals surface area contributed by atoms with Gasteiger partial charge in [-0.05, 0) is 56.7 Å². The van der Waals surface area contributed by atoms with Crippen molar-refractivity contribution in [2.24, 2.45) is 5.92 Å². The van der Waals surface area contributed by atoms with Gasteiger partial charge < -0.3 is 26.0 Å². The van der Waals surface area contributed by atoms with E-state index in [1.54, 1.807) is 12.1 Å². The van der Waals surface area contributed by atoms with Crippen molar-refractivity contribution < 1.29 is 9.13 Å². The number of anilines is 4. The minimum Gasteiger partial charge on any atom is -0.494 e. The molecule has 0 radical (unpaired) electrons. The van der Waals surface area contributed by atoms with Crippen LogP contribution < -0.4 is 26.0 Å². The Balaban J connectivity index is 1.52. The zero-order chi connectivity index (χ0) is 23.8. The summed E-state index contributed by atoms with van der Waals surface area (Å²) in [7, 11) is 1.45. The number of halogens is 1. The van der Waals surface area contributed by atoms with E-state index in [0.29, 0.717) is 35.5 Å². The first kappa shape index (κ1) is 24.4. The van der Waals surface area contributed by atoms with Crippen LogP contribution in [0.1, 0.15) is 64.7 Å². The molecule has 0 bridgehead atoms. The number of aromatic nitrogens is 3. The molecule has 4 N–H and O–H groups in total. The van der Waals surface area contributed by atoms with Crippen molar-refractivity contribution in [1.29, 1.82) is 0 Å². The molecule has 9 heteroatoms. The summed E-state index contributed by atoms with van der Waals surface area (Å²) in [5.74, 6) is 1.83. The summed E-state index contributed by atoms with van der Waals surface area (Å²) in [6.45, 7) is 4.07. The van der Waals surface area contributed by atoms with Crippen LogP contribution in [0.15, 0.2) is 18.2 Å². The molecule has 4 rings (SSSR count). The van der Waals surface area contributed by atoms with Crippen LogP contribution in [0.25, 0.3) is 0 Å². The van der Waals surface area contributed by atoms with E-state index in [2.05, 4.69) is 43.1 Å². The number of benzene rings is 1. The maximum absolute atomic E-state index is 14.2. The maximum Gasteiger partial charge on any atom is 0.233 e. The van der Waals surface area contributed by atoms with Gasteiger partial charge in [-0.3, -0.25) is 0 Å². The lowest BCUT2D eigenvalue weighted by Crippen LogP contribution is -2.46. The van der Waals surface area contributed by atoms with Crippen LogP contribution >= 0.6 is 0 Å². The number of hydrogen-bond acceptors (Lipinski definition) is 8. The Kier molecular flexibility index (Phi) is 8.73. The molecular weight excluding hydrogens is 433 g/mol. The van der Waals surface area contributed by atoms with Crippen molar-refractivity contribution in [3.63, 3.8) is 0 Å². The molecule has 34 heavy (non-hydrogen) atoms. The average Bonchev–Trinajstić information content (AvgIpc) is 2.87. The Morgan fingerprint density at radius 1 is 1.03 bits per heavy atom. The zero-order valence-corrected chi connectivity index (χ0v) is 20.4. The Morgan fingerprint density at radius 2 is 1.79 bits per heavy atom. The van der Waals surface area contributed by atoms with E-state index in [4.69, 9.17) is 4.74 Å². The van der Waals surface area contributed by atoms with E-state index >= 15 is 0 Å². The lowest BCUT2D eigenvalue weighted by atomic mass is 9.89. The number of piperidine rings is 1. The molecular formula is C25H38FN7O. The van der Waals surface area contributed by atoms with Crippen molar-refractivity contribution in [2.45, 2.75) is 76.8 Å². The molecule has 8 nitrogen and oxygen atoms in total. The summed E-state index contributed by atoms with van der Waals surface area (Å²) in [5.41, 5.74) is 0.551. The molecule has 2 unspecified atom stereocenters. The largest absolute Gasteiger partial charge is 0.494 e. The number of ether oxygens (including phenoxy) is 1. The fourth-order valence-electron chi connectivity index (χ4n) is 4.95. The fraction of sp³-hybridized carbons (Fsp3) is 0.640. The summed E-state index contributed by atoms with van der Waals surface area (Å²) < 4.78 is 19.2. The van der Waals surface area contributed by atoms with Crippen LogP contribution in [0.2, 0.25) is 0 Å². The first-order valence-electron chi connectivity index (χ1n) is 12.7. The van der Waals surface area contributed by atoms with Gasteiger partial charge in [0.25, 0.3) is 0 Å². The average molecular weight is 472 g/mol. The molecule has 2 aliphatic rings. The van der Waals surface area contributed by atoms with E-state index < -0.39 is 5.82 Å². The molecule has 1 saturated carbocycles.